The minimum absolute atomic E-state index is 0.497. The second-order valence-electron chi connectivity index (χ2n) is 4.72. The summed E-state index contributed by atoms with van der Waals surface area (Å²) in [6, 6.07) is 7.62. The molecule has 1 aromatic carbocycles. The zero-order valence-electron chi connectivity index (χ0n) is 11.5. The van der Waals surface area contributed by atoms with Crippen molar-refractivity contribution in [3.05, 3.63) is 41.5 Å². The highest BCUT2D eigenvalue weighted by atomic mass is 16.5. The number of methoxy groups -OCH3 is 1. The minimum Gasteiger partial charge on any atom is -0.399 e. The predicted octanol–water partition coefficient (Wildman–Crippen LogP) is 2.51. The average Bonchev–Trinajstić information content (AvgIpc) is 2.89. The van der Waals surface area contributed by atoms with Gasteiger partial charge in [0.2, 0.25) is 11.7 Å². The van der Waals surface area contributed by atoms with Crippen molar-refractivity contribution in [2.75, 3.05) is 12.8 Å². The Morgan fingerprint density at radius 2 is 2.00 bits per heavy atom. The molecule has 1 atom stereocenters. The SMILES string of the molecule is CCC(C)(OC)c1noc(Cc2ccc(N)cc2)n1. The van der Waals surface area contributed by atoms with Gasteiger partial charge in [0.25, 0.3) is 0 Å². The van der Waals surface area contributed by atoms with E-state index in [1.54, 1.807) is 7.11 Å². The van der Waals surface area contributed by atoms with Crippen LogP contribution < -0.4 is 5.73 Å². The van der Waals surface area contributed by atoms with Gasteiger partial charge in [-0.3, -0.25) is 0 Å². The van der Waals surface area contributed by atoms with E-state index >= 15 is 0 Å². The molecule has 0 aliphatic carbocycles. The molecule has 5 nitrogen and oxygen atoms in total. The van der Waals surface area contributed by atoms with Crippen molar-refractivity contribution in [1.29, 1.82) is 0 Å². The topological polar surface area (TPSA) is 74.2 Å². The van der Waals surface area contributed by atoms with E-state index in [1.807, 2.05) is 38.1 Å². The van der Waals surface area contributed by atoms with Gasteiger partial charge in [0.05, 0.1) is 6.42 Å². The molecule has 0 saturated heterocycles. The Kier molecular flexibility index (Phi) is 3.85. The van der Waals surface area contributed by atoms with Gasteiger partial charge in [-0.15, -0.1) is 0 Å². The molecule has 19 heavy (non-hydrogen) atoms. The number of anilines is 1. The lowest BCUT2D eigenvalue weighted by Crippen LogP contribution is -2.24. The van der Waals surface area contributed by atoms with Crippen LogP contribution in [0.25, 0.3) is 0 Å². The van der Waals surface area contributed by atoms with E-state index in [2.05, 4.69) is 10.1 Å². The molecule has 1 aromatic heterocycles. The van der Waals surface area contributed by atoms with Crippen LogP contribution in [0.4, 0.5) is 5.69 Å². The van der Waals surface area contributed by atoms with Gasteiger partial charge in [-0.1, -0.05) is 24.2 Å². The third-order valence-corrected chi connectivity index (χ3v) is 3.40. The molecule has 0 amide bonds. The number of rotatable bonds is 5. The summed E-state index contributed by atoms with van der Waals surface area (Å²) in [7, 11) is 1.65. The van der Waals surface area contributed by atoms with E-state index in [1.165, 1.54) is 0 Å². The van der Waals surface area contributed by atoms with E-state index in [0.717, 1.165) is 17.7 Å². The number of nitrogen functional groups attached to an aromatic ring is 1. The Hall–Kier alpha value is -1.88. The summed E-state index contributed by atoms with van der Waals surface area (Å²) in [5.41, 5.74) is 6.98. The highest BCUT2D eigenvalue weighted by Crippen LogP contribution is 2.25. The maximum atomic E-state index is 5.65. The van der Waals surface area contributed by atoms with Gasteiger partial charge < -0.3 is 15.0 Å². The van der Waals surface area contributed by atoms with E-state index in [-0.39, 0.29) is 0 Å². The fourth-order valence-corrected chi connectivity index (χ4v) is 1.75. The second kappa shape index (κ2) is 5.40. The van der Waals surface area contributed by atoms with Gasteiger partial charge in [0, 0.05) is 12.8 Å². The van der Waals surface area contributed by atoms with Crippen LogP contribution >= 0.6 is 0 Å². The van der Waals surface area contributed by atoms with E-state index < -0.39 is 5.60 Å². The lowest BCUT2D eigenvalue weighted by atomic mass is 10.0. The summed E-state index contributed by atoms with van der Waals surface area (Å²) in [6.07, 6.45) is 1.38. The van der Waals surface area contributed by atoms with Crippen molar-refractivity contribution >= 4 is 5.69 Å². The smallest absolute Gasteiger partial charge is 0.231 e. The Balaban J connectivity index is 2.15. The van der Waals surface area contributed by atoms with Crippen molar-refractivity contribution in [1.82, 2.24) is 10.1 Å². The number of nitrogens with zero attached hydrogens (tertiary/aromatic N) is 2. The predicted molar refractivity (Wildman–Crippen MR) is 72.6 cm³/mol. The first-order valence-electron chi connectivity index (χ1n) is 6.30. The van der Waals surface area contributed by atoms with Gasteiger partial charge in [-0.25, -0.2) is 0 Å². The fourth-order valence-electron chi connectivity index (χ4n) is 1.75. The van der Waals surface area contributed by atoms with Gasteiger partial charge in [0.15, 0.2) is 0 Å². The summed E-state index contributed by atoms with van der Waals surface area (Å²) in [5, 5.41) is 4.01. The summed E-state index contributed by atoms with van der Waals surface area (Å²) in [5.74, 6) is 1.17. The molecule has 5 heteroatoms. The largest absolute Gasteiger partial charge is 0.399 e. The number of aromatic nitrogens is 2. The normalized spacial score (nSPS) is 14.3. The molecule has 1 heterocycles. The number of nitrogens with two attached hydrogens (primary N) is 1. The Morgan fingerprint density at radius 1 is 1.32 bits per heavy atom. The van der Waals surface area contributed by atoms with E-state index in [4.69, 9.17) is 15.0 Å². The molecule has 2 rings (SSSR count). The number of hydrogen-bond donors (Lipinski definition) is 1. The molecule has 0 saturated carbocycles. The molecule has 0 aliphatic heterocycles. The first kappa shape index (κ1) is 13.5. The molecule has 0 fully saturated rings. The zero-order chi connectivity index (χ0) is 13.9. The first-order chi connectivity index (χ1) is 9.07. The maximum Gasteiger partial charge on any atom is 0.231 e. The van der Waals surface area contributed by atoms with Crippen molar-refractivity contribution < 1.29 is 9.26 Å². The summed E-state index contributed by atoms with van der Waals surface area (Å²) >= 11 is 0. The van der Waals surface area contributed by atoms with Gasteiger partial charge in [0.1, 0.15) is 5.60 Å². The van der Waals surface area contributed by atoms with Crippen molar-refractivity contribution in [3.8, 4) is 0 Å². The summed E-state index contributed by atoms with van der Waals surface area (Å²) in [6.45, 7) is 3.98. The molecule has 1 unspecified atom stereocenters. The van der Waals surface area contributed by atoms with Crippen LogP contribution in [0.15, 0.2) is 28.8 Å². The Morgan fingerprint density at radius 3 is 2.58 bits per heavy atom. The van der Waals surface area contributed by atoms with Crippen molar-refractivity contribution in [2.45, 2.75) is 32.3 Å². The van der Waals surface area contributed by atoms with Crippen LogP contribution in [0.1, 0.15) is 37.5 Å². The fraction of sp³-hybridized carbons (Fsp3) is 0.429. The Bertz CT molecular complexity index is 530. The minimum atomic E-state index is -0.497. The maximum absolute atomic E-state index is 5.65. The van der Waals surface area contributed by atoms with E-state index in [0.29, 0.717) is 18.1 Å². The van der Waals surface area contributed by atoms with Crippen LogP contribution in [0.5, 0.6) is 0 Å². The molecular weight excluding hydrogens is 242 g/mol. The summed E-state index contributed by atoms with van der Waals surface area (Å²) < 4.78 is 10.7. The Labute approximate surface area is 112 Å². The van der Waals surface area contributed by atoms with Crippen LogP contribution in [0, 0.1) is 0 Å². The highest BCUT2D eigenvalue weighted by molar-refractivity contribution is 5.39. The molecule has 2 N–H and O–H groups in total. The quantitative estimate of drug-likeness (QED) is 0.837. The first-order valence-corrected chi connectivity index (χ1v) is 6.30. The second-order valence-corrected chi connectivity index (χ2v) is 4.72. The number of ether oxygens (including phenoxy) is 1. The standard InChI is InChI=1S/C14H19N3O2/c1-4-14(2,18-3)13-16-12(19-17-13)9-10-5-7-11(15)8-6-10/h5-8H,4,9,15H2,1-3H3. The van der Waals surface area contributed by atoms with E-state index in [9.17, 15) is 0 Å². The summed E-state index contributed by atoms with van der Waals surface area (Å²) in [4.78, 5) is 4.41. The third-order valence-electron chi connectivity index (χ3n) is 3.40. The molecule has 0 bridgehead atoms. The monoisotopic (exact) mass is 261 g/mol. The average molecular weight is 261 g/mol. The number of hydrogen-bond acceptors (Lipinski definition) is 5. The molecular formula is C14H19N3O2. The van der Waals surface area contributed by atoms with Crippen LogP contribution in [-0.4, -0.2) is 17.3 Å². The lowest BCUT2D eigenvalue weighted by Gasteiger charge is -2.21. The molecule has 0 spiro atoms. The molecule has 2 aromatic rings. The molecule has 0 radical (unpaired) electrons. The van der Waals surface area contributed by atoms with Crippen LogP contribution in [-0.2, 0) is 16.8 Å². The molecule has 0 aliphatic rings. The lowest BCUT2D eigenvalue weighted by molar-refractivity contribution is -0.0106. The van der Waals surface area contributed by atoms with Crippen LogP contribution in [0.3, 0.4) is 0 Å². The number of benzene rings is 1. The van der Waals surface area contributed by atoms with Gasteiger partial charge >= 0.3 is 0 Å². The molecule has 102 valence electrons. The third kappa shape index (κ3) is 2.93. The zero-order valence-corrected chi connectivity index (χ0v) is 11.5. The van der Waals surface area contributed by atoms with Gasteiger partial charge in [-0.2, -0.15) is 4.98 Å². The highest BCUT2D eigenvalue weighted by Gasteiger charge is 2.29. The van der Waals surface area contributed by atoms with Crippen LogP contribution in [0.2, 0.25) is 0 Å². The van der Waals surface area contributed by atoms with Gasteiger partial charge in [-0.05, 0) is 31.0 Å². The van der Waals surface area contributed by atoms with Crippen molar-refractivity contribution in [2.24, 2.45) is 0 Å². The van der Waals surface area contributed by atoms with Crippen molar-refractivity contribution in [3.63, 3.8) is 0 Å².